The topological polar surface area (TPSA) is 85.2 Å². The van der Waals surface area contributed by atoms with Crippen molar-refractivity contribution in [3.8, 4) is 5.75 Å². The Hall–Kier alpha value is -2.83. The van der Waals surface area contributed by atoms with E-state index in [4.69, 9.17) is 4.74 Å². The number of fused-ring (bicyclic) bond motifs is 1. The fourth-order valence-corrected chi connectivity index (χ4v) is 3.12. The third-order valence-electron chi connectivity index (χ3n) is 4.62. The lowest BCUT2D eigenvalue weighted by Crippen LogP contribution is -2.41. The number of nitrogens with zero attached hydrogens (tertiary/aromatic N) is 2. The Bertz CT molecular complexity index is 857. The van der Waals surface area contributed by atoms with Gasteiger partial charge in [-0.1, -0.05) is 6.07 Å². The molecule has 1 unspecified atom stereocenters. The molecule has 2 heterocycles. The van der Waals surface area contributed by atoms with Gasteiger partial charge in [-0.05, 0) is 45.4 Å². The normalized spacial score (nSPS) is 15.8. The number of hydrogen-bond donors (Lipinski definition) is 2. The Labute approximate surface area is 152 Å². The molecule has 138 valence electrons. The van der Waals surface area contributed by atoms with Gasteiger partial charge in [-0.25, -0.2) is 0 Å². The van der Waals surface area contributed by atoms with Gasteiger partial charge in [0.15, 0.2) is 6.10 Å². The van der Waals surface area contributed by atoms with Crippen LogP contribution < -0.4 is 15.4 Å². The molecule has 7 heteroatoms. The van der Waals surface area contributed by atoms with Crippen molar-refractivity contribution in [1.29, 1.82) is 0 Å². The molecule has 3 rings (SSSR count). The zero-order valence-corrected chi connectivity index (χ0v) is 15.5. The molecule has 0 aliphatic carbocycles. The van der Waals surface area contributed by atoms with E-state index in [0.717, 1.165) is 29.1 Å². The standard InChI is InChI=1S/C19H24N4O3/c1-5-23-13(4)14(12(3)22-23)10-20-18(24)9-17-19(25)21-15-8-11(2)6-7-16(15)26-17/h6-8,17H,5,9-10H2,1-4H3,(H,20,24)(H,21,25). The minimum absolute atomic E-state index is 0.0286. The first-order chi connectivity index (χ1) is 12.4. The molecule has 2 aromatic rings. The van der Waals surface area contributed by atoms with E-state index in [2.05, 4.69) is 15.7 Å². The number of nitrogens with one attached hydrogen (secondary N) is 2. The van der Waals surface area contributed by atoms with Crippen molar-refractivity contribution in [3.05, 3.63) is 40.7 Å². The van der Waals surface area contributed by atoms with Gasteiger partial charge in [-0.2, -0.15) is 5.10 Å². The number of ether oxygens (including phenoxy) is 1. The molecule has 0 bridgehead atoms. The van der Waals surface area contributed by atoms with Gasteiger partial charge in [-0.3, -0.25) is 14.3 Å². The van der Waals surface area contributed by atoms with Crippen LogP contribution in [-0.2, 0) is 22.7 Å². The van der Waals surface area contributed by atoms with E-state index >= 15 is 0 Å². The Morgan fingerprint density at radius 2 is 2.12 bits per heavy atom. The van der Waals surface area contributed by atoms with E-state index in [0.29, 0.717) is 18.0 Å². The van der Waals surface area contributed by atoms with Crippen molar-refractivity contribution >= 4 is 17.5 Å². The van der Waals surface area contributed by atoms with Crippen LogP contribution in [0.2, 0.25) is 0 Å². The van der Waals surface area contributed by atoms with Crippen LogP contribution in [0.4, 0.5) is 5.69 Å². The first-order valence-electron chi connectivity index (χ1n) is 8.76. The van der Waals surface area contributed by atoms with Crippen LogP contribution in [0, 0.1) is 20.8 Å². The summed E-state index contributed by atoms with van der Waals surface area (Å²) < 4.78 is 7.61. The number of anilines is 1. The molecule has 1 atom stereocenters. The highest BCUT2D eigenvalue weighted by atomic mass is 16.5. The van der Waals surface area contributed by atoms with Crippen molar-refractivity contribution in [2.75, 3.05) is 5.32 Å². The predicted octanol–water partition coefficient (Wildman–Crippen LogP) is 2.23. The highest BCUT2D eigenvalue weighted by molar-refractivity contribution is 6.00. The lowest BCUT2D eigenvalue weighted by molar-refractivity contribution is -0.130. The summed E-state index contributed by atoms with van der Waals surface area (Å²) in [6.07, 6.45) is -0.857. The molecule has 1 aromatic carbocycles. The molecule has 2 N–H and O–H groups in total. The SMILES string of the molecule is CCn1nc(C)c(CNC(=O)CC2Oc3ccc(C)cc3NC2=O)c1C. The van der Waals surface area contributed by atoms with Gasteiger partial charge < -0.3 is 15.4 Å². The van der Waals surface area contributed by atoms with Gasteiger partial charge in [0.25, 0.3) is 5.91 Å². The minimum atomic E-state index is -0.828. The number of hydrogen-bond acceptors (Lipinski definition) is 4. The summed E-state index contributed by atoms with van der Waals surface area (Å²) in [6.45, 7) is 9.06. The zero-order chi connectivity index (χ0) is 18.8. The summed E-state index contributed by atoms with van der Waals surface area (Å²) in [5.41, 5.74) is 4.63. The molecule has 1 aromatic heterocycles. The van der Waals surface area contributed by atoms with Crippen LogP contribution in [0.15, 0.2) is 18.2 Å². The van der Waals surface area contributed by atoms with Crippen molar-refractivity contribution < 1.29 is 14.3 Å². The maximum Gasteiger partial charge on any atom is 0.266 e. The summed E-state index contributed by atoms with van der Waals surface area (Å²) in [5, 5.41) is 10.1. The third kappa shape index (κ3) is 3.56. The number of carbonyl (C=O) groups is 2. The van der Waals surface area contributed by atoms with E-state index in [1.165, 1.54) is 0 Å². The zero-order valence-electron chi connectivity index (χ0n) is 15.5. The monoisotopic (exact) mass is 356 g/mol. The molecule has 1 aliphatic heterocycles. The lowest BCUT2D eigenvalue weighted by atomic mass is 10.1. The Morgan fingerprint density at radius 3 is 2.81 bits per heavy atom. The van der Waals surface area contributed by atoms with Crippen molar-refractivity contribution in [1.82, 2.24) is 15.1 Å². The van der Waals surface area contributed by atoms with Gasteiger partial charge in [0, 0.05) is 24.3 Å². The van der Waals surface area contributed by atoms with Gasteiger partial charge >= 0.3 is 0 Å². The number of amides is 2. The maximum atomic E-state index is 12.3. The number of benzene rings is 1. The quantitative estimate of drug-likeness (QED) is 0.860. The largest absolute Gasteiger partial charge is 0.478 e. The molecule has 0 fully saturated rings. The predicted molar refractivity (Wildman–Crippen MR) is 98.1 cm³/mol. The van der Waals surface area contributed by atoms with Gasteiger partial charge in [0.05, 0.1) is 17.8 Å². The van der Waals surface area contributed by atoms with Crippen LogP contribution in [0.3, 0.4) is 0 Å². The third-order valence-corrected chi connectivity index (χ3v) is 4.62. The molecular formula is C19H24N4O3. The summed E-state index contributed by atoms with van der Waals surface area (Å²) in [6, 6.07) is 5.56. The molecule has 7 nitrogen and oxygen atoms in total. The molecule has 0 radical (unpaired) electrons. The van der Waals surface area contributed by atoms with Crippen LogP contribution in [0.25, 0.3) is 0 Å². The van der Waals surface area contributed by atoms with Crippen molar-refractivity contribution in [2.24, 2.45) is 0 Å². The van der Waals surface area contributed by atoms with E-state index in [1.54, 1.807) is 6.07 Å². The maximum absolute atomic E-state index is 12.3. The first-order valence-corrected chi connectivity index (χ1v) is 8.76. The summed E-state index contributed by atoms with van der Waals surface area (Å²) in [4.78, 5) is 24.5. The fourth-order valence-electron chi connectivity index (χ4n) is 3.12. The molecule has 0 spiro atoms. The van der Waals surface area contributed by atoms with E-state index in [9.17, 15) is 9.59 Å². The number of rotatable bonds is 5. The minimum Gasteiger partial charge on any atom is -0.478 e. The Kier molecular flexibility index (Phi) is 4.97. The molecular weight excluding hydrogens is 332 g/mol. The summed E-state index contributed by atoms with van der Waals surface area (Å²) in [5.74, 6) is 0.0529. The average molecular weight is 356 g/mol. The average Bonchev–Trinajstić information content (AvgIpc) is 2.87. The second-order valence-electron chi connectivity index (χ2n) is 6.54. The van der Waals surface area contributed by atoms with Crippen LogP contribution in [0.5, 0.6) is 5.75 Å². The summed E-state index contributed by atoms with van der Waals surface area (Å²) >= 11 is 0. The second-order valence-corrected chi connectivity index (χ2v) is 6.54. The molecule has 2 amide bonds. The first kappa shape index (κ1) is 18.0. The molecule has 1 aliphatic rings. The van der Waals surface area contributed by atoms with Crippen LogP contribution in [-0.4, -0.2) is 27.7 Å². The Balaban J connectivity index is 1.61. The van der Waals surface area contributed by atoms with Crippen molar-refractivity contribution in [2.45, 2.75) is 53.3 Å². The number of carbonyl (C=O) groups excluding carboxylic acids is 2. The van der Waals surface area contributed by atoms with Crippen LogP contribution in [0.1, 0.15) is 35.9 Å². The van der Waals surface area contributed by atoms with Crippen LogP contribution >= 0.6 is 0 Å². The molecule has 26 heavy (non-hydrogen) atoms. The van der Waals surface area contributed by atoms with E-state index in [1.807, 2.05) is 44.5 Å². The second kappa shape index (κ2) is 7.19. The number of aromatic nitrogens is 2. The smallest absolute Gasteiger partial charge is 0.266 e. The lowest BCUT2D eigenvalue weighted by Gasteiger charge is -2.25. The van der Waals surface area contributed by atoms with Gasteiger partial charge in [-0.15, -0.1) is 0 Å². The highest BCUT2D eigenvalue weighted by Crippen LogP contribution is 2.31. The van der Waals surface area contributed by atoms with E-state index in [-0.39, 0.29) is 18.2 Å². The van der Waals surface area contributed by atoms with Crippen molar-refractivity contribution in [3.63, 3.8) is 0 Å². The molecule has 0 saturated carbocycles. The highest BCUT2D eigenvalue weighted by Gasteiger charge is 2.29. The van der Waals surface area contributed by atoms with Gasteiger partial charge in [0.1, 0.15) is 5.75 Å². The number of aryl methyl sites for hydroxylation is 3. The molecule has 0 saturated heterocycles. The Morgan fingerprint density at radius 1 is 1.35 bits per heavy atom. The van der Waals surface area contributed by atoms with Gasteiger partial charge in [0.2, 0.25) is 5.91 Å². The summed E-state index contributed by atoms with van der Waals surface area (Å²) in [7, 11) is 0. The van der Waals surface area contributed by atoms with E-state index < -0.39 is 6.10 Å². The fraction of sp³-hybridized carbons (Fsp3) is 0.421.